The molecule has 10 heavy (non-hydrogen) atoms. The van der Waals surface area contributed by atoms with Crippen LogP contribution in [0.4, 0.5) is 0 Å². The summed E-state index contributed by atoms with van der Waals surface area (Å²) < 4.78 is 4.92. The van der Waals surface area contributed by atoms with Crippen LogP contribution >= 0.6 is 0 Å². The lowest BCUT2D eigenvalue weighted by atomic mass is 10.0. The SMILES string of the molecule is CCC[C@H](O[Si])[C@@H](C)C=O. The van der Waals surface area contributed by atoms with Gasteiger partial charge in [0.1, 0.15) is 6.29 Å². The van der Waals surface area contributed by atoms with Crippen LogP contribution in [0.1, 0.15) is 26.7 Å². The summed E-state index contributed by atoms with van der Waals surface area (Å²) >= 11 is 0. The van der Waals surface area contributed by atoms with Crippen molar-refractivity contribution in [1.82, 2.24) is 0 Å². The van der Waals surface area contributed by atoms with Crippen molar-refractivity contribution in [2.24, 2.45) is 5.92 Å². The second-order valence-electron chi connectivity index (χ2n) is 2.44. The van der Waals surface area contributed by atoms with Gasteiger partial charge in [0.25, 0.3) is 0 Å². The summed E-state index contributed by atoms with van der Waals surface area (Å²) in [5.74, 6) is -0.0163. The number of rotatable bonds is 5. The molecule has 0 bridgehead atoms. The Kier molecular flexibility index (Phi) is 5.53. The molecule has 0 aliphatic rings. The quantitative estimate of drug-likeness (QED) is 0.441. The third-order valence-corrected chi connectivity index (χ3v) is 1.83. The zero-order valence-electron chi connectivity index (χ0n) is 6.46. The maximum Gasteiger partial charge on any atom is 0.246 e. The van der Waals surface area contributed by atoms with Gasteiger partial charge in [-0.05, 0) is 6.42 Å². The first-order valence-electron chi connectivity index (χ1n) is 3.53. The van der Waals surface area contributed by atoms with Gasteiger partial charge in [0.05, 0.1) is 6.10 Å². The Bertz CT molecular complexity index is 95.6. The van der Waals surface area contributed by atoms with E-state index in [9.17, 15) is 4.79 Å². The van der Waals surface area contributed by atoms with E-state index in [2.05, 4.69) is 17.4 Å². The zero-order valence-corrected chi connectivity index (χ0v) is 7.46. The molecule has 0 aromatic rings. The van der Waals surface area contributed by atoms with Crippen LogP contribution in [0.15, 0.2) is 0 Å². The average molecular weight is 157 g/mol. The highest BCUT2D eigenvalue weighted by Crippen LogP contribution is 2.09. The van der Waals surface area contributed by atoms with Crippen LogP contribution in [0.2, 0.25) is 0 Å². The summed E-state index contributed by atoms with van der Waals surface area (Å²) in [4.78, 5) is 10.3. The third kappa shape index (κ3) is 3.13. The number of carbonyl (C=O) groups excluding carboxylic acids is 1. The van der Waals surface area contributed by atoms with E-state index in [0.29, 0.717) is 0 Å². The molecule has 0 spiro atoms. The number of carbonyl (C=O) groups is 1. The van der Waals surface area contributed by atoms with E-state index in [1.54, 1.807) is 0 Å². The Morgan fingerprint density at radius 3 is 2.60 bits per heavy atom. The summed E-state index contributed by atoms with van der Waals surface area (Å²) in [6.45, 7) is 3.92. The predicted molar refractivity (Wildman–Crippen MR) is 40.8 cm³/mol. The molecule has 0 heterocycles. The molecule has 0 amide bonds. The Balaban J connectivity index is 3.67. The summed E-state index contributed by atoms with van der Waals surface area (Å²) in [5, 5.41) is 0. The minimum Gasteiger partial charge on any atom is -0.415 e. The lowest BCUT2D eigenvalue weighted by Gasteiger charge is -2.16. The molecule has 0 aliphatic heterocycles. The average Bonchev–Trinajstić information content (AvgIpc) is 1.99. The van der Waals surface area contributed by atoms with E-state index in [0.717, 1.165) is 19.1 Å². The lowest BCUT2D eigenvalue weighted by molar-refractivity contribution is -0.113. The van der Waals surface area contributed by atoms with Gasteiger partial charge in [-0.2, -0.15) is 0 Å². The largest absolute Gasteiger partial charge is 0.415 e. The molecule has 3 heteroatoms. The Labute approximate surface area is 65.5 Å². The van der Waals surface area contributed by atoms with Gasteiger partial charge in [-0.1, -0.05) is 20.3 Å². The standard InChI is InChI=1S/C7H13O2Si/c1-3-4-7(9-10)6(2)5-8/h5-7H,3-4H2,1-2H3/t6-,7-/m0/s1. The number of hydrogen-bond donors (Lipinski definition) is 0. The number of hydrogen-bond acceptors (Lipinski definition) is 2. The van der Waals surface area contributed by atoms with Gasteiger partial charge in [0.2, 0.25) is 10.5 Å². The molecular formula is C7H13O2Si. The molecule has 0 aliphatic carbocycles. The van der Waals surface area contributed by atoms with Gasteiger partial charge >= 0.3 is 0 Å². The van der Waals surface area contributed by atoms with Crippen molar-refractivity contribution < 1.29 is 9.22 Å². The van der Waals surface area contributed by atoms with Crippen molar-refractivity contribution in [2.45, 2.75) is 32.8 Å². The van der Waals surface area contributed by atoms with Crippen molar-refractivity contribution in [3.8, 4) is 0 Å². The molecule has 2 nitrogen and oxygen atoms in total. The van der Waals surface area contributed by atoms with Gasteiger partial charge in [-0.25, -0.2) is 0 Å². The second kappa shape index (κ2) is 5.62. The topological polar surface area (TPSA) is 26.3 Å². The minimum atomic E-state index is -0.0163. The molecule has 3 radical (unpaired) electrons. The summed E-state index contributed by atoms with van der Waals surface area (Å²) in [6.07, 6.45) is 2.90. The number of aldehydes is 1. The van der Waals surface area contributed by atoms with Crippen molar-refractivity contribution in [1.29, 1.82) is 0 Å². The summed E-state index contributed by atoms with van der Waals surface area (Å²) in [6, 6.07) is 0. The molecule has 0 aromatic heterocycles. The van der Waals surface area contributed by atoms with Gasteiger partial charge in [-0.15, -0.1) is 0 Å². The fourth-order valence-electron chi connectivity index (χ4n) is 0.801. The van der Waals surface area contributed by atoms with E-state index in [1.807, 2.05) is 6.92 Å². The van der Waals surface area contributed by atoms with Crippen LogP contribution in [0.3, 0.4) is 0 Å². The van der Waals surface area contributed by atoms with E-state index < -0.39 is 0 Å². The monoisotopic (exact) mass is 157 g/mol. The third-order valence-electron chi connectivity index (χ3n) is 1.53. The highest BCUT2D eigenvalue weighted by atomic mass is 28.2. The Morgan fingerprint density at radius 1 is 1.70 bits per heavy atom. The fourth-order valence-corrected chi connectivity index (χ4v) is 1.13. The fraction of sp³-hybridized carbons (Fsp3) is 0.857. The zero-order chi connectivity index (χ0) is 7.98. The minimum absolute atomic E-state index is 0.0163. The molecule has 0 N–H and O–H groups in total. The van der Waals surface area contributed by atoms with Crippen LogP contribution in [-0.4, -0.2) is 22.9 Å². The van der Waals surface area contributed by atoms with Crippen molar-refractivity contribution in [2.75, 3.05) is 0 Å². The summed E-state index contributed by atoms with van der Waals surface area (Å²) in [5.41, 5.74) is 0. The maximum absolute atomic E-state index is 10.3. The predicted octanol–water partition coefficient (Wildman–Crippen LogP) is 1.09. The highest BCUT2D eigenvalue weighted by Gasteiger charge is 2.13. The smallest absolute Gasteiger partial charge is 0.246 e. The van der Waals surface area contributed by atoms with Gasteiger partial charge in [-0.3, -0.25) is 0 Å². The van der Waals surface area contributed by atoms with Crippen molar-refractivity contribution in [3.05, 3.63) is 0 Å². The maximum atomic E-state index is 10.3. The molecule has 0 unspecified atom stereocenters. The summed E-state index contributed by atoms with van der Waals surface area (Å²) in [7, 11) is 2.95. The molecule has 0 rings (SSSR count). The first-order chi connectivity index (χ1) is 4.76. The van der Waals surface area contributed by atoms with Crippen LogP contribution in [0.25, 0.3) is 0 Å². The van der Waals surface area contributed by atoms with Gasteiger partial charge < -0.3 is 9.22 Å². The first-order valence-corrected chi connectivity index (χ1v) is 3.94. The lowest BCUT2D eigenvalue weighted by Crippen LogP contribution is -2.21. The Hall–Kier alpha value is -0.153. The molecular weight excluding hydrogens is 144 g/mol. The normalized spacial score (nSPS) is 16.3. The Morgan fingerprint density at radius 2 is 2.30 bits per heavy atom. The van der Waals surface area contributed by atoms with E-state index in [1.165, 1.54) is 0 Å². The van der Waals surface area contributed by atoms with Crippen LogP contribution in [0.5, 0.6) is 0 Å². The first kappa shape index (κ1) is 9.85. The molecule has 0 saturated carbocycles. The van der Waals surface area contributed by atoms with Gasteiger partial charge in [0.15, 0.2) is 0 Å². The highest BCUT2D eigenvalue weighted by molar-refractivity contribution is 5.98. The van der Waals surface area contributed by atoms with Gasteiger partial charge in [0, 0.05) is 5.92 Å². The van der Waals surface area contributed by atoms with E-state index in [4.69, 9.17) is 4.43 Å². The molecule has 2 atom stereocenters. The van der Waals surface area contributed by atoms with Crippen LogP contribution in [0, 0.1) is 5.92 Å². The van der Waals surface area contributed by atoms with E-state index in [-0.39, 0.29) is 12.0 Å². The molecule has 0 aromatic carbocycles. The molecule has 0 fully saturated rings. The van der Waals surface area contributed by atoms with Crippen molar-refractivity contribution >= 4 is 16.8 Å². The molecule has 0 saturated heterocycles. The van der Waals surface area contributed by atoms with Crippen LogP contribution in [-0.2, 0) is 9.22 Å². The molecule has 57 valence electrons. The second-order valence-corrected chi connectivity index (χ2v) is 2.68. The van der Waals surface area contributed by atoms with Crippen molar-refractivity contribution in [3.63, 3.8) is 0 Å². The van der Waals surface area contributed by atoms with Crippen LogP contribution < -0.4 is 0 Å². The van der Waals surface area contributed by atoms with E-state index >= 15 is 0 Å².